The number of carbonyl (C=O) groups excluding carboxylic acids is 1. The molecule has 0 N–H and O–H groups in total. The topological polar surface area (TPSA) is 44.8 Å². The number of para-hydroxylation sites is 1. The van der Waals surface area contributed by atoms with E-state index in [4.69, 9.17) is 14.2 Å². The molecular weight excluding hydrogens is 352 g/mol. The van der Waals surface area contributed by atoms with Crippen LogP contribution in [0.1, 0.15) is 18.1 Å². The molecule has 0 saturated carbocycles. The fourth-order valence-corrected chi connectivity index (χ4v) is 2.50. The lowest BCUT2D eigenvalue weighted by molar-refractivity contribution is -0.140. The maximum absolute atomic E-state index is 12.2. The second kappa shape index (κ2) is 9.97. The van der Waals surface area contributed by atoms with Gasteiger partial charge < -0.3 is 14.2 Å². The summed E-state index contributed by atoms with van der Waals surface area (Å²) >= 11 is 0. The van der Waals surface area contributed by atoms with E-state index >= 15 is 0 Å². The molecule has 0 spiro atoms. The molecule has 0 heterocycles. The number of rotatable bonds is 8. The Morgan fingerprint density at radius 3 is 2.11 bits per heavy atom. The van der Waals surface area contributed by atoms with E-state index in [9.17, 15) is 4.79 Å². The van der Waals surface area contributed by atoms with Crippen LogP contribution in [0.5, 0.6) is 11.5 Å². The Balaban J connectivity index is 1.71. The van der Waals surface area contributed by atoms with Crippen molar-refractivity contribution in [3.8, 4) is 11.5 Å². The van der Waals surface area contributed by atoms with E-state index in [0.29, 0.717) is 12.4 Å². The van der Waals surface area contributed by atoms with Crippen molar-refractivity contribution in [2.24, 2.45) is 0 Å². The average Bonchev–Trinajstić information content (AvgIpc) is 2.74. The fourth-order valence-electron chi connectivity index (χ4n) is 2.50. The molecule has 0 unspecified atom stereocenters. The Kier molecular flexibility index (Phi) is 6.85. The molecule has 0 aromatic heterocycles. The Hall–Kier alpha value is -3.53. The fraction of sp³-hybridized carbons (Fsp3) is 0.125. The highest BCUT2D eigenvalue weighted by atomic mass is 16.6. The minimum absolute atomic E-state index is 0.131. The molecule has 0 bridgehead atoms. The normalized spacial score (nSPS) is 11.0. The first kappa shape index (κ1) is 19.2. The maximum Gasteiger partial charge on any atom is 0.374 e. The molecule has 142 valence electrons. The second-order valence-corrected chi connectivity index (χ2v) is 5.99. The first-order chi connectivity index (χ1) is 13.7. The molecule has 0 atom stereocenters. The van der Waals surface area contributed by atoms with E-state index in [-0.39, 0.29) is 12.4 Å². The van der Waals surface area contributed by atoms with Crippen molar-refractivity contribution in [3.05, 3.63) is 102 Å². The van der Waals surface area contributed by atoms with Crippen molar-refractivity contribution in [3.63, 3.8) is 0 Å². The summed E-state index contributed by atoms with van der Waals surface area (Å²) in [7, 11) is 0. The van der Waals surface area contributed by atoms with Crippen molar-refractivity contribution in [2.45, 2.75) is 13.5 Å². The van der Waals surface area contributed by atoms with Gasteiger partial charge in [-0.1, -0.05) is 60.7 Å². The zero-order valence-corrected chi connectivity index (χ0v) is 15.7. The van der Waals surface area contributed by atoms with Crippen LogP contribution in [0, 0.1) is 0 Å². The Labute approximate surface area is 165 Å². The molecule has 0 amide bonds. The highest BCUT2D eigenvalue weighted by Crippen LogP contribution is 2.19. The number of ether oxygens (including phenoxy) is 3. The van der Waals surface area contributed by atoms with Crippen LogP contribution in [0.3, 0.4) is 0 Å². The standard InChI is InChI=1S/C24H22O4/c1-2-26-24(25)23(28-22-11-7-4-8-12-22)17-19-13-15-21(16-14-19)27-18-20-9-5-3-6-10-20/h3-17H,2,18H2,1H3/b23-17-. The van der Waals surface area contributed by atoms with Crippen molar-refractivity contribution in [1.82, 2.24) is 0 Å². The van der Waals surface area contributed by atoms with E-state index in [1.54, 1.807) is 25.1 Å². The SMILES string of the molecule is CCOC(=O)/C(=C/c1ccc(OCc2ccccc2)cc1)Oc1ccccc1. The van der Waals surface area contributed by atoms with E-state index in [2.05, 4.69) is 0 Å². The lowest BCUT2D eigenvalue weighted by Gasteiger charge is -2.10. The monoisotopic (exact) mass is 374 g/mol. The molecule has 0 aliphatic rings. The highest BCUT2D eigenvalue weighted by Gasteiger charge is 2.13. The molecule has 3 aromatic rings. The van der Waals surface area contributed by atoms with Crippen LogP contribution >= 0.6 is 0 Å². The highest BCUT2D eigenvalue weighted by molar-refractivity contribution is 5.92. The molecule has 3 rings (SSSR count). The van der Waals surface area contributed by atoms with Gasteiger partial charge in [-0.15, -0.1) is 0 Å². The predicted molar refractivity (Wildman–Crippen MR) is 109 cm³/mol. The van der Waals surface area contributed by atoms with Gasteiger partial charge in [0.25, 0.3) is 0 Å². The van der Waals surface area contributed by atoms with Crippen LogP contribution in [-0.2, 0) is 16.1 Å². The molecule has 28 heavy (non-hydrogen) atoms. The van der Waals surface area contributed by atoms with E-state index in [0.717, 1.165) is 16.9 Å². The van der Waals surface area contributed by atoms with Crippen LogP contribution in [0.15, 0.2) is 90.7 Å². The van der Waals surface area contributed by atoms with Gasteiger partial charge in [0.15, 0.2) is 0 Å². The van der Waals surface area contributed by atoms with E-state index < -0.39 is 5.97 Å². The summed E-state index contributed by atoms with van der Waals surface area (Å²) in [6.45, 7) is 2.54. The number of hydrogen-bond donors (Lipinski definition) is 0. The molecule has 0 fully saturated rings. The van der Waals surface area contributed by atoms with Crippen LogP contribution in [0.2, 0.25) is 0 Å². The van der Waals surface area contributed by atoms with Gasteiger partial charge in [0, 0.05) is 0 Å². The summed E-state index contributed by atoms with van der Waals surface area (Å²) < 4.78 is 16.6. The Morgan fingerprint density at radius 1 is 0.821 bits per heavy atom. The van der Waals surface area contributed by atoms with Crippen molar-refractivity contribution >= 4 is 12.0 Å². The zero-order valence-electron chi connectivity index (χ0n) is 15.7. The van der Waals surface area contributed by atoms with Gasteiger partial charge in [-0.25, -0.2) is 4.79 Å². The van der Waals surface area contributed by atoms with Gasteiger partial charge >= 0.3 is 5.97 Å². The van der Waals surface area contributed by atoms with Crippen LogP contribution < -0.4 is 9.47 Å². The van der Waals surface area contributed by atoms with Gasteiger partial charge in [0.05, 0.1) is 6.61 Å². The smallest absolute Gasteiger partial charge is 0.374 e. The number of hydrogen-bond acceptors (Lipinski definition) is 4. The number of benzene rings is 3. The van der Waals surface area contributed by atoms with Crippen molar-refractivity contribution in [2.75, 3.05) is 6.61 Å². The summed E-state index contributed by atoms with van der Waals surface area (Å²) in [5, 5.41) is 0. The summed E-state index contributed by atoms with van der Waals surface area (Å²) in [6.07, 6.45) is 1.66. The molecule has 0 aliphatic heterocycles. The molecule has 0 saturated heterocycles. The zero-order chi connectivity index (χ0) is 19.6. The predicted octanol–water partition coefficient (Wildman–Crippen LogP) is 5.25. The van der Waals surface area contributed by atoms with Gasteiger partial charge in [0.2, 0.25) is 5.76 Å². The Morgan fingerprint density at radius 2 is 1.46 bits per heavy atom. The van der Waals surface area contributed by atoms with Crippen molar-refractivity contribution in [1.29, 1.82) is 0 Å². The summed E-state index contributed by atoms with van der Waals surface area (Å²) in [4.78, 5) is 12.2. The molecule has 0 radical (unpaired) electrons. The lowest BCUT2D eigenvalue weighted by Crippen LogP contribution is -2.12. The van der Waals surface area contributed by atoms with Gasteiger partial charge in [-0.05, 0) is 48.4 Å². The largest absolute Gasteiger partial charge is 0.489 e. The molecule has 3 aromatic carbocycles. The van der Waals surface area contributed by atoms with Crippen LogP contribution in [-0.4, -0.2) is 12.6 Å². The third kappa shape index (κ3) is 5.74. The Bertz CT molecular complexity index is 900. The van der Waals surface area contributed by atoms with Gasteiger partial charge in [-0.3, -0.25) is 0 Å². The minimum atomic E-state index is -0.504. The molecule has 4 heteroatoms. The minimum Gasteiger partial charge on any atom is -0.489 e. The quantitative estimate of drug-likeness (QED) is 0.307. The third-order valence-electron chi connectivity index (χ3n) is 3.87. The van der Waals surface area contributed by atoms with E-state index in [1.807, 2.05) is 72.8 Å². The number of carbonyl (C=O) groups is 1. The summed E-state index contributed by atoms with van der Waals surface area (Å²) in [5.74, 6) is 0.953. The average molecular weight is 374 g/mol. The lowest BCUT2D eigenvalue weighted by atomic mass is 10.2. The maximum atomic E-state index is 12.2. The first-order valence-electron chi connectivity index (χ1n) is 9.13. The first-order valence-corrected chi connectivity index (χ1v) is 9.13. The summed E-state index contributed by atoms with van der Waals surface area (Å²) in [6, 6.07) is 26.6. The molecule has 4 nitrogen and oxygen atoms in total. The molecule has 0 aliphatic carbocycles. The second-order valence-electron chi connectivity index (χ2n) is 5.99. The van der Waals surface area contributed by atoms with E-state index in [1.165, 1.54) is 0 Å². The third-order valence-corrected chi connectivity index (χ3v) is 3.87. The molecular formula is C24H22O4. The summed E-state index contributed by atoms with van der Waals surface area (Å²) in [5.41, 5.74) is 1.92. The van der Waals surface area contributed by atoms with Crippen LogP contribution in [0.25, 0.3) is 6.08 Å². The number of esters is 1. The van der Waals surface area contributed by atoms with Crippen LogP contribution in [0.4, 0.5) is 0 Å². The van der Waals surface area contributed by atoms with Crippen molar-refractivity contribution < 1.29 is 19.0 Å². The van der Waals surface area contributed by atoms with Gasteiger partial charge in [0.1, 0.15) is 18.1 Å². The van der Waals surface area contributed by atoms with Gasteiger partial charge in [-0.2, -0.15) is 0 Å².